The number of hydrogen-bond acceptors (Lipinski definition) is 2. The van der Waals surface area contributed by atoms with Crippen LogP contribution in [0.2, 0.25) is 0 Å². The number of benzene rings is 5. The highest BCUT2D eigenvalue weighted by Gasteiger charge is 2.43. The smallest absolute Gasteiger partial charge is 0.252 e. The van der Waals surface area contributed by atoms with E-state index in [1.165, 1.54) is 54.5 Å². The number of fused-ring (bicyclic) bond motifs is 4. The fraction of sp³-hybridized carbons (Fsp3) is 0.167. The van der Waals surface area contributed by atoms with Gasteiger partial charge in [-0.25, -0.2) is 0 Å². The zero-order valence-electron chi connectivity index (χ0n) is 24.0. The molecule has 0 bridgehead atoms. The normalized spacial score (nSPS) is 16.7. The lowest BCUT2D eigenvalue weighted by Crippen LogP contribution is -2.61. The van der Waals surface area contributed by atoms with Crippen molar-refractivity contribution in [1.82, 2.24) is 0 Å². The molecule has 5 aromatic rings. The minimum Gasteiger partial charge on any atom is -0.311 e. The van der Waals surface area contributed by atoms with Gasteiger partial charge in [-0.2, -0.15) is 0 Å². The van der Waals surface area contributed by atoms with Gasteiger partial charge in [0.2, 0.25) is 0 Å². The van der Waals surface area contributed by atoms with E-state index >= 15 is 0 Å². The van der Waals surface area contributed by atoms with Gasteiger partial charge >= 0.3 is 0 Å². The molecule has 39 heavy (non-hydrogen) atoms. The molecule has 1 fully saturated rings. The maximum absolute atomic E-state index is 8.63. The third-order valence-corrected chi connectivity index (χ3v) is 8.88. The van der Waals surface area contributed by atoms with Gasteiger partial charge in [-0.05, 0) is 89.2 Å². The second-order valence-electron chi connectivity index (χ2n) is 11.1. The van der Waals surface area contributed by atoms with Gasteiger partial charge in [-0.3, -0.25) is 0 Å². The Morgan fingerprint density at radius 3 is 1.59 bits per heavy atom. The van der Waals surface area contributed by atoms with Crippen LogP contribution in [-0.2, 0) is 0 Å². The summed E-state index contributed by atoms with van der Waals surface area (Å²) in [5.74, 6) is 0.549. The van der Waals surface area contributed by atoms with Crippen molar-refractivity contribution >= 4 is 57.2 Å². The van der Waals surface area contributed by atoms with Gasteiger partial charge in [0.15, 0.2) is 0 Å². The Morgan fingerprint density at radius 1 is 0.564 bits per heavy atom. The first-order chi connectivity index (χ1) is 20.2. The Kier molecular flexibility index (Phi) is 4.88. The minimum absolute atomic E-state index is 0.0547. The molecular formula is C36H31BN2. The first-order valence-corrected chi connectivity index (χ1v) is 14.3. The van der Waals surface area contributed by atoms with E-state index in [9.17, 15) is 0 Å². The molecule has 1 aliphatic carbocycles. The minimum atomic E-state index is -0.0547. The van der Waals surface area contributed by atoms with Gasteiger partial charge in [0.05, 0.1) is 2.74 Å². The zero-order chi connectivity index (χ0) is 27.5. The summed E-state index contributed by atoms with van der Waals surface area (Å²) in [6, 6.07) is 39.4. The highest BCUT2D eigenvalue weighted by molar-refractivity contribution is 7.00. The van der Waals surface area contributed by atoms with Crippen LogP contribution in [0.4, 0.5) is 34.1 Å². The van der Waals surface area contributed by atoms with Crippen molar-refractivity contribution in [2.24, 2.45) is 0 Å². The van der Waals surface area contributed by atoms with Crippen molar-refractivity contribution in [2.75, 3.05) is 9.80 Å². The lowest BCUT2D eigenvalue weighted by Gasteiger charge is -2.44. The molecular weight excluding hydrogens is 471 g/mol. The molecule has 5 aromatic carbocycles. The SMILES string of the molecule is [2H]c1ccc2c(c1)B1c3cc([2H])ccc3N(c3ccccc3)c3cc(C4CCCCC4)cc(c31)N2c1ccccc1. The Morgan fingerprint density at radius 2 is 1.08 bits per heavy atom. The number of hydrogen-bond donors (Lipinski definition) is 0. The van der Waals surface area contributed by atoms with E-state index in [1.807, 2.05) is 24.3 Å². The van der Waals surface area contributed by atoms with Crippen LogP contribution < -0.4 is 26.2 Å². The standard InChI is InChI=1S/C36H31BN2/c1-4-14-26(15-5-1)27-24-34-36-35(25-27)39(29-18-8-3-9-19-29)33-23-13-11-21-31(33)37(36)30-20-10-12-22-32(30)38(34)28-16-6-2-7-17-28/h2-3,6-13,16-26H,1,4-5,14-15H2/i10D,11D. The van der Waals surface area contributed by atoms with Gasteiger partial charge in [0.1, 0.15) is 0 Å². The molecule has 1 saturated carbocycles. The van der Waals surface area contributed by atoms with E-state index in [-0.39, 0.29) is 6.71 Å². The third-order valence-electron chi connectivity index (χ3n) is 8.88. The first kappa shape index (κ1) is 20.7. The molecule has 3 aliphatic rings. The van der Waals surface area contributed by atoms with E-state index in [0.29, 0.717) is 18.0 Å². The van der Waals surface area contributed by atoms with Gasteiger partial charge < -0.3 is 9.80 Å². The molecule has 0 amide bonds. The molecule has 0 atom stereocenters. The zero-order valence-corrected chi connectivity index (χ0v) is 22.0. The molecule has 0 unspecified atom stereocenters. The van der Waals surface area contributed by atoms with Crippen LogP contribution in [0.1, 0.15) is 46.3 Å². The topological polar surface area (TPSA) is 6.48 Å². The van der Waals surface area contributed by atoms with Crippen molar-refractivity contribution in [1.29, 1.82) is 0 Å². The number of anilines is 6. The first-order valence-electron chi connectivity index (χ1n) is 15.3. The maximum atomic E-state index is 8.63. The summed E-state index contributed by atoms with van der Waals surface area (Å²) >= 11 is 0. The summed E-state index contributed by atoms with van der Waals surface area (Å²) in [5.41, 5.74) is 11.8. The molecule has 8 rings (SSSR count). The van der Waals surface area contributed by atoms with Gasteiger partial charge in [0.25, 0.3) is 6.71 Å². The lowest BCUT2D eigenvalue weighted by molar-refractivity contribution is 0.444. The van der Waals surface area contributed by atoms with Crippen LogP contribution in [-0.4, -0.2) is 6.71 Å². The summed E-state index contributed by atoms with van der Waals surface area (Å²) < 4.78 is 17.3. The maximum Gasteiger partial charge on any atom is 0.252 e. The highest BCUT2D eigenvalue weighted by Crippen LogP contribution is 2.46. The highest BCUT2D eigenvalue weighted by atomic mass is 15.2. The lowest BCUT2D eigenvalue weighted by atomic mass is 9.33. The summed E-state index contributed by atoms with van der Waals surface area (Å²) in [6.07, 6.45) is 6.36. The summed E-state index contributed by atoms with van der Waals surface area (Å²) in [7, 11) is 0. The average Bonchev–Trinajstić information content (AvgIpc) is 3.02. The Bertz CT molecular complexity index is 1650. The second-order valence-corrected chi connectivity index (χ2v) is 11.1. The van der Waals surface area contributed by atoms with Gasteiger partial charge in [-0.1, -0.05) is 92.0 Å². The van der Waals surface area contributed by atoms with Crippen LogP contribution in [0.5, 0.6) is 0 Å². The van der Waals surface area contributed by atoms with E-state index < -0.39 is 0 Å². The fourth-order valence-electron chi connectivity index (χ4n) is 7.17. The Hall–Kier alpha value is -4.24. The Balaban J connectivity index is 1.49. The van der Waals surface area contributed by atoms with Crippen LogP contribution >= 0.6 is 0 Å². The third kappa shape index (κ3) is 3.56. The molecule has 0 spiro atoms. The summed E-state index contributed by atoms with van der Waals surface area (Å²) in [5, 5.41) is 0. The predicted molar refractivity (Wildman–Crippen MR) is 166 cm³/mol. The van der Waals surface area contributed by atoms with Crippen molar-refractivity contribution in [3.05, 3.63) is 127 Å². The van der Waals surface area contributed by atoms with Crippen LogP contribution in [0.3, 0.4) is 0 Å². The van der Waals surface area contributed by atoms with Gasteiger partial charge in [0, 0.05) is 34.1 Å². The number of rotatable bonds is 3. The van der Waals surface area contributed by atoms with E-state index in [2.05, 4.69) is 94.7 Å². The molecule has 0 aromatic heterocycles. The van der Waals surface area contributed by atoms with Crippen molar-refractivity contribution < 1.29 is 2.74 Å². The molecule has 2 nitrogen and oxygen atoms in total. The number of nitrogens with zero attached hydrogens (tertiary/aromatic N) is 2. The van der Waals surface area contributed by atoms with E-state index in [1.54, 1.807) is 0 Å². The Labute approximate surface area is 234 Å². The summed E-state index contributed by atoms with van der Waals surface area (Å²) in [6.45, 7) is -0.0547. The predicted octanol–water partition coefficient (Wildman–Crippen LogP) is 7.82. The van der Waals surface area contributed by atoms with Crippen molar-refractivity contribution in [2.45, 2.75) is 38.0 Å². The second kappa shape index (κ2) is 9.20. The monoisotopic (exact) mass is 504 g/mol. The van der Waals surface area contributed by atoms with E-state index in [4.69, 9.17) is 2.74 Å². The quantitative estimate of drug-likeness (QED) is 0.227. The van der Waals surface area contributed by atoms with E-state index in [0.717, 1.165) is 33.7 Å². The van der Waals surface area contributed by atoms with Gasteiger partial charge in [-0.15, -0.1) is 0 Å². The van der Waals surface area contributed by atoms with Crippen LogP contribution in [0, 0.1) is 0 Å². The molecule has 0 saturated heterocycles. The fourth-order valence-corrected chi connectivity index (χ4v) is 7.17. The molecule has 0 radical (unpaired) electrons. The van der Waals surface area contributed by atoms with Crippen LogP contribution in [0.15, 0.2) is 121 Å². The largest absolute Gasteiger partial charge is 0.311 e. The summed E-state index contributed by atoms with van der Waals surface area (Å²) in [4.78, 5) is 4.82. The van der Waals surface area contributed by atoms with Crippen molar-refractivity contribution in [3.8, 4) is 0 Å². The van der Waals surface area contributed by atoms with Crippen molar-refractivity contribution in [3.63, 3.8) is 0 Å². The van der Waals surface area contributed by atoms with Crippen LogP contribution in [0.25, 0.3) is 0 Å². The average molecular weight is 504 g/mol. The molecule has 0 N–H and O–H groups in total. The molecule has 3 heteroatoms. The molecule has 2 heterocycles. The molecule has 188 valence electrons. The number of para-hydroxylation sites is 4. The molecule has 2 aliphatic heterocycles.